The number of hydroxylamine groups is 3. The average Bonchev–Trinajstić information content (AvgIpc) is 2.88. The van der Waals surface area contributed by atoms with Gasteiger partial charge in [0, 0.05) is 12.4 Å². The Morgan fingerprint density at radius 1 is 1.60 bits per heavy atom. The first-order chi connectivity index (χ1) is 7.34. The van der Waals surface area contributed by atoms with Crippen molar-refractivity contribution in [2.75, 3.05) is 7.05 Å². The van der Waals surface area contributed by atoms with Crippen LogP contribution in [0, 0.1) is 0 Å². The number of allylic oxidation sites excluding steroid dienone is 2. The molecule has 5 heteroatoms. The van der Waals surface area contributed by atoms with Gasteiger partial charge < -0.3 is 0 Å². The zero-order chi connectivity index (χ0) is 10.3. The van der Waals surface area contributed by atoms with E-state index < -0.39 is 0 Å². The fourth-order valence-electron chi connectivity index (χ4n) is 1.85. The molecule has 2 heterocycles. The van der Waals surface area contributed by atoms with Crippen LogP contribution in [0.4, 0.5) is 0 Å². The summed E-state index contributed by atoms with van der Waals surface area (Å²) in [6.07, 6.45) is 6.39. The molecule has 2 aliphatic rings. The molecule has 78 valence electrons. The van der Waals surface area contributed by atoms with Crippen LogP contribution in [0.15, 0.2) is 29.1 Å². The van der Waals surface area contributed by atoms with E-state index in [1.54, 1.807) is 11.3 Å². The van der Waals surface area contributed by atoms with Crippen molar-refractivity contribution in [1.29, 1.82) is 0 Å². The summed E-state index contributed by atoms with van der Waals surface area (Å²) in [5.41, 5.74) is 7.01. The van der Waals surface area contributed by atoms with Gasteiger partial charge in [0.2, 0.25) is 0 Å². The van der Waals surface area contributed by atoms with Gasteiger partial charge in [-0.2, -0.15) is 10.5 Å². The SMILES string of the molecule is CN1ONC2C=C(c3cscn3)C=CC21. The first-order valence-electron chi connectivity index (χ1n) is 4.78. The summed E-state index contributed by atoms with van der Waals surface area (Å²) in [6.45, 7) is 0. The van der Waals surface area contributed by atoms with E-state index in [1.165, 1.54) is 0 Å². The van der Waals surface area contributed by atoms with Gasteiger partial charge in [-0.25, -0.2) is 9.92 Å². The fourth-order valence-corrected chi connectivity index (χ4v) is 2.41. The number of nitrogens with one attached hydrogen (secondary N) is 1. The van der Waals surface area contributed by atoms with E-state index >= 15 is 0 Å². The molecule has 3 rings (SSSR count). The molecule has 0 amide bonds. The highest BCUT2D eigenvalue weighted by Gasteiger charge is 2.32. The molecule has 0 bridgehead atoms. The largest absolute Gasteiger partial charge is 0.245 e. The summed E-state index contributed by atoms with van der Waals surface area (Å²) < 4.78 is 0. The highest BCUT2D eigenvalue weighted by atomic mass is 32.1. The molecule has 0 radical (unpaired) electrons. The summed E-state index contributed by atoms with van der Waals surface area (Å²) in [7, 11) is 1.92. The lowest BCUT2D eigenvalue weighted by atomic mass is 9.97. The summed E-state index contributed by atoms with van der Waals surface area (Å²) >= 11 is 1.61. The highest BCUT2D eigenvalue weighted by Crippen LogP contribution is 2.25. The smallest absolute Gasteiger partial charge is 0.0808 e. The second-order valence-electron chi connectivity index (χ2n) is 3.63. The van der Waals surface area contributed by atoms with E-state index in [0.717, 1.165) is 11.3 Å². The number of nitrogens with zero attached hydrogens (tertiary/aromatic N) is 2. The maximum absolute atomic E-state index is 5.24. The monoisotopic (exact) mass is 221 g/mol. The van der Waals surface area contributed by atoms with Crippen LogP contribution in [0.5, 0.6) is 0 Å². The lowest BCUT2D eigenvalue weighted by molar-refractivity contribution is -0.149. The molecule has 2 atom stereocenters. The van der Waals surface area contributed by atoms with Gasteiger partial charge in [0.1, 0.15) is 0 Å². The Morgan fingerprint density at radius 3 is 3.33 bits per heavy atom. The zero-order valence-corrected chi connectivity index (χ0v) is 9.07. The molecule has 4 nitrogen and oxygen atoms in total. The first-order valence-corrected chi connectivity index (χ1v) is 5.73. The Bertz CT molecular complexity index is 412. The van der Waals surface area contributed by atoms with Gasteiger partial charge in [-0.1, -0.05) is 18.2 Å². The van der Waals surface area contributed by atoms with Crippen LogP contribution in [0.3, 0.4) is 0 Å². The lowest BCUT2D eigenvalue weighted by Gasteiger charge is -2.18. The van der Waals surface area contributed by atoms with Crippen LogP contribution in [-0.4, -0.2) is 29.2 Å². The maximum Gasteiger partial charge on any atom is 0.0808 e. The van der Waals surface area contributed by atoms with Crippen molar-refractivity contribution in [2.45, 2.75) is 12.1 Å². The van der Waals surface area contributed by atoms with E-state index in [0.29, 0.717) is 0 Å². The molecule has 2 unspecified atom stereocenters. The second-order valence-corrected chi connectivity index (χ2v) is 4.35. The molecular formula is C10H11N3OS. The third-order valence-corrected chi connectivity index (χ3v) is 3.27. The van der Waals surface area contributed by atoms with Gasteiger partial charge in [0.05, 0.1) is 23.3 Å². The minimum absolute atomic E-state index is 0.219. The highest BCUT2D eigenvalue weighted by molar-refractivity contribution is 7.07. The van der Waals surface area contributed by atoms with Crippen molar-refractivity contribution in [3.63, 3.8) is 0 Å². The second kappa shape index (κ2) is 3.53. The van der Waals surface area contributed by atoms with Gasteiger partial charge in [0.15, 0.2) is 0 Å². The molecule has 1 aromatic heterocycles. The van der Waals surface area contributed by atoms with Crippen LogP contribution in [0.25, 0.3) is 5.57 Å². The van der Waals surface area contributed by atoms with Crippen molar-refractivity contribution in [1.82, 2.24) is 15.5 Å². The molecular weight excluding hydrogens is 210 g/mol. The lowest BCUT2D eigenvalue weighted by Crippen LogP contribution is -2.32. The number of hydrogen-bond donors (Lipinski definition) is 1. The minimum atomic E-state index is 0.219. The Balaban J connectivity index is 1.90. The van der Waals surface area contributed by atoms with Gasteiger partial charge >= 0.3 is 0 Å². The van der Waals surface area contributed by atoms with Gasteiger partial charge in [-0.3, -0.25) is 0 Å². The molecule has 1 aromatic rings. The molecule has 0 spiro atoms. The molecule has 0 saturated carbocycles. The number of fused-ring (bicyclic) bond motifs is 1. The molecule has 1 saturated heterocycles. The number of hydrogen-bond acceptors (Lipinski definition) is 5. The van der Waals surface area contributed by atoms with E-state index in [2.05, 4.69) is 34.1 Å². The summed E-state index contributed by atoms with van der Waals surface area (Å²) in [6, 6.07) is 0.504. The van der Waals surface area contributed by atoms with Gasteiger partial charge in [-0.15, -0.1) is 11.3 Å². The standard InChI is InChI=1S/C10H11N3OS/c1-13-10-3-2-7(4-8(10)12-14-13)9-5-15-6-11-9/h2-6,8,10,12H,1H3. The summed E-state index contributed by atoms with van der Waals surface area (Å²) in [4.78, 5) is 9.53. The van der Waals surface area contributed by atoms with Gasteiger partial charge in [0.25, 0.3) is 0 Å². The van der Waals surface area contributed by atoms with Crippen LogP contribution >= 0.6 is 11.3 Å². The number of likely N-dealkylation sites (N-methyl/N-ethyl adjacent to an activating group) is 1. The van der Waals surface area contributed by atoms with E-state index in [9.17, 15) is 0 Å². The van der Waals surface area contributed by atoms with E-state index in [4.69, 9.17) is 4.94 Å². The molecule has 0 aromatic carbocycles. The van der Waals surface area contributed by atoms with Crippen LogP contribution in [0.2, 0.25) is 0 Å². The average molecular weight is 221 g/mol. The van der Waals surface area contributed by atoms with Crippen LogP contribution < -0.4 is 5.48 Å². The van der Waals surface area contributed by atoms with Crippen LogP contribution in [0.1, 0.15) is 5.69 Å². The Morgan fingerprint density at radius 2 is 2.53 bits per heavy atom. The maximum atomic E-state index is 5.24. The number of thiazole rings is 1. The quantitative estimate of drug-likeness (QED) is 0.773. The normalized spacial score (nSPS) is 30.3. The third-order valence-electron chi connectivity index (χ3n) is 2.68. The summed E-state index contributed by atoms with van der Waals surface area (Å²) in [5.74, 6) is 0. The third kappa shape index (κ3) is 1.53. The molecule has 1 fully saturated rings. The predicted molar refractivity (Wildman–Crippen MR) is 58.8 cm³/mol. The van der Waals surface area contributed by atoms with Crippen molar-refractivity contribution >= 4 is 16.9 Å². The van der Waals surface area contributed by atoms with E-state index in [1.807, 2.05) is 17.6 Å². The Labute approximate surface area is 91.8 Å². The van der Waals surface area contributed by atoms with Crippen molar-refractivity contribution < 1.29 is 4.94 Å². The topological polar surface area (TPSA) is 37.4 Å². The molecule has 15 heavy (non-hydrogen) atoms. The van der Waals surface area contributed by atoms with Crippen molar-refractivity contribution in [3.8, 4) is 0 Å². The number of rotatable bonds is 1. The number of aromatic nitrogens is 1. The van der Waals surface area contributed by atoms with Crippen LogP contribution in [-0.2, 0) is 4.94 Å². The van der Waals surface area contributed by atoms with E-state index in [-0.39, 0.29) is 12.1 Å². The Kier molecular flexibility index (Phi) is 2.17. The van der Waals surface area contributed by atoms with Crippen molar-refractivity contribution in [2.24, 2.45) is 0 Å². The molecule has 1 aliphatic carbocycles. The first kappa shape index (κ1) is 9.23. The predicted octanol–water partition coefficient (Wildman–Crippen LogP) is 1.22. The minimum Gasteiger partial charge on any atom is -0.245 e. The molecule has 1 aliphatic heterocycles. The van der Waals surface area contributed by atoms with Crippen molar-refractivity contribution in [3.05, 3.63) is 34.8 Å². The fraction of sp³-hybridized carbons (Fsp3) is 0.300. The van der Waals surface area contributed by atoms with Gasteiger partial charge in [-0.05, 0) is 5.57 Å². The summed E-state index contributed by atoms with van der Waals surface area (Å²) in [5, 5.41) is 3.87. The zero-order valence-electron chi connectivity index (χ0n) is 8.25. The Hall–Kier alpha value is -1.01. The molecule has 1 N–H and O–H groups in total.